The van der Waals surface area contributed by atoms with E-state index < -0.39 is 17.9 Å². The molecule has 0 saturated heterocycles. The third-order valence-corrected chi connectivity index (χ3v) is 4.49. The summed E-state index contributed by atoms with van der Waals surface area (Å²) in [4.78, 5) is 27.9. The van der Waals surface area contributed by atoms with Crippen molar-refractivity contribution in [2.45, 2.75) is 26.8 Å². The van der Waals surface area contributed by atoms with Crippen LogP contribution in [0.5, 0.6) is 0 Å². The van der Waals surface area contributed by atoms with Gasteiger partial charge >= 0.3 is 11.9 Å². The van der Waals surface area contributed by atoms with E-state index in [1.807, 2.05) is 55.5 Å². The van der Waals surface area contributed by atoms with E-state index in [1.54, 1.807) is 6.92 Å². The number of carboxylic acids is 1. The average Bonchev–Trinajstić information content (AvgIpc) is 2.95. The maximum atomic E-state index is 11.9. The molecule has 1 heterocycles. The van der Waals surface area contributed by atoms with Crippen LogP contribution in [0.25, 0.3) is 11.0 Å². The monoisotopic (exact) mass is 366 g/mol. The van der Waals surface area contributed by atoms with Gasteiger partial charge in [0.2, 0.25) is 0 Å². The number of para-hydroxylation sites is 2. The molecular formula is C21H22N2O4. The first kappa shape index (κ1) is 18.6. The van der Waals surface area contributed by atoms with Crippen LogP contribution in [0.15, 0.2) is 48.5 Å². The molecule has 1 unspecified atom stereocenters. The first-order chi connectivity index (χ1) is 13.0. The largest absolute Gasteiger partial charge is 0.481 e. The van der Waals surface area contributed by atoms with Crippen molar-refractivity contribution in [1.29, 1.82) is 0 Å². The van der Waals surface area contributed by atoms with Crippen LogP contribution >= 0.6 is 0 Å². The van der Waals surface area contributed by atoms with Crippen molar-refractivity contribution in [3.63, 3.8) is 0 Å². The summed E-state index contributed by atoms with van der Waals surface area (Å²) in [6.07, 6.45) is 0.103. The fraction of sp³-hybridized carbons (Fsp3) is 0.286. The highest BCUT2D eigenvalue weighted by Crippen LogP contribution is 2.19. The van der Waals surface area contributed by atoms with E-state index in [9.17, 15) is 14.7 Å². The Morgan fingerprint density at radius 2 is 1.89 bits per heavy atom. The highest BCUT2D eigenvalue weighted by Gasteiger charge is 2.28. The van der Waals surface area contributed by atoms with Crippen molar-refractivity contribution in [3.8, 4) is 0 Å². The van der Waals surface area contributed by atoms with Crippen LogP contribution in [0.1, 0.15) is 23.9 Å². The molecule has 0 radical (unpaired) electrons. The summed E-state index contributed by atoms with van der Waals surface area (Å²) >= 11 is 0. The molecule has 0 aliphatic carbocycles. The number of hydrogen-bond acceptors (Lipinski definition) is 4. The number of carboxylic acid groups (broad SMARTS) is 1. The first-order valence-electron chi connectivity index (χ1n) is 8.88. The molecular weight excluding hydrogens is 344 g/mol. The van der Waals surface area contributed by atoms with Crippen molar-refractivity contribution in [2.75, 3.05) is 6.61 Å². The van der Waals surface area contributed by atoms with E-state index in [0.29, 0.717) is 6.54 Å². The smallest absolute Gasteiger partial charge is 0.320 e. The van der Waals surface area contributed by atoms with Crippen molar-refractivity contribution < 1.29 is 19.4 Å². The highest BCUT2D eigenvalue weighted by molar-refractivity contribution is 5.94. The Labute approximate surface area is 157 Å². The molecule has 0 fully saturated rings. The summed E-state index contributed by atoms with van der Waals surface area (Å²) in [6, 6.07) is 15.6. The van der Waals surface area contributed by atoms with Gasteiger partial charge in [0, 0.05) is 6.54 Å². The summed E-state index contributed by atoms with van der Waals surface area (Å²) in [6.45, 7) is 4.41. The molecule has 1 N–H and O–H groups in total. The van der Waals surface area contributed by atoms with Gasteiger partial charge in [0.25, 0.3) is 0 Å². The third kappa shape index (κ3) is 4.16. The molecule has 140 valence electrons. The number of rotatable bonds is 7. The zero-order valence-corrected chi connectivity index (χ0v) is 15.4. The molecule has 1 aromatic heterocycles. The molecule has 0 amide bonds. The highest BCUT2D eigenvalue weighted by atomic mass is 16.5. The number of aromatic nitrogens is 2. The van der Waals surface area contributed by atoms with E-state index in [-0.39, 0.29) is 13.0 Å². The number of hydrogen-bond donors (Lipinski definition) is 1. The van der Waals surface area contributed by atoms with Gasteiger partial charge in [0.05, 0.1) is 17.6 Å². The van der Waals surface area contributed by atoms with E-state index in [0.717, 1.165) is 28.0 Å². The Morgan fingerprint density at radius 3 is 2.63 bits per heavy atom. The van der Waals surface area contributed by atoms with Crippen LogP contribution in [0.2, 0.25) is 0 Å². The molecule has 3 rings (SSSR count). The van der Waals surface area contributed by atoms with Gasteiger partial charge in [0.15, 0.2) is 5.92 Å². The Hall–Kier alpha value is -3.15. The van der Waals surface area contributed by atoms with Crippen molar-refractivity contribution in [3.05, 3.63) is 65.5 Å². The molecule has 0 aliphatic rings. The van der Waals surface area contributed by atoms with E-state index in [2.05, 4.69) is 9.55 Å². The Bertz CT molecular complexity index is 977. The molecule has 3 aromatic rings. The van der Waals surface area contributed by atoms with Crippen molar-refractivity contribution in [1.82, 2.24) is 9.55 Å². The molecule has 2 aromatic carbocycles. The van der Waals surface area contributed by atoms with Gasteiger partial charge in [-0.2, -0.15) is 0 Å². The van der Waals surface area contributed by atoms with Gasteiger partial charge in [-0.05, 0) is 43.5 Å². The van der Waals surface area contributed by atoms with Crippen LogP contribution in [-0.4, -0.2) is 33.2 Å². The quantitative estimate of drug-likeness (QED) is 0.513. The number of carbonyl (C=O) groups excluding carboxylic acids is 1. The van der Waals surface area contributed by atoms with Crippen molar-refractivity contribution in [2.24, 2.45) is 5.92 Å². The van der Waals surface area contributed by atoms with Crippen LogP contribution in [0, 0.1) is 12.8 Å². The van der Waals surface area contributed by atoms with E-state index in [4.69, 9.17) is 4.74 Å². The number of aryl methyl sites for hydroxylation is 1. The zero-order chi connectivity index (χ0) is 19.4. The molecule has 6 heteroatoms. The van der Waals surface area contributed by atoms with Crippen LogP contribution in [-0.2, 0) is 27.3 Å². The minimum absolute atomic E-state index is 0.103. The lowest BCUT2D eigenvalue weighted by Crippen LogP contribution is -2.28. The Balaban J connectivity index is 1.84. The number of benzene rings is 2. The fourth-order valence-electron chi connectivity index (χ4n) is 3.18. The summed E-state index contributed by atoms with van der Waals surface area (Å²) in [5.74, 6) is -2.16. The minimum Gasteiger partial charge on any atom is -0.481 e. The minimum atomic E-state index is -1.20. The van der Waals surface area contributed by atoms with Crippen LogP contribution in [0.4, 0.5) is 0 Å². The molecule has 0 spiro atoms. The summed E-state index contributed by atoms with van der Waals surface area (Å²) in [7, 11) is 0. The summed E-state index contributed by atoms with van der Waals surface area (Å²) < 4.78 is 7.00. The molecule has 27 heavy (non-hydrogen) atoms. The van der Waals surface area contributed by atoms with Crippen LogP contribution in [0.3, 0.4) is 0 Å². The molecule has 0 bridgehead atoms. The van der Waals surface area contributed by atoms with E-state index in [1.165, 1.54) is 0 Å². The lowest BCUT2D eigenvalue weighted by Gasteiger charge is -2.13. The Kier molecular flexibility index (Phi) is 5.54. The molecule has 0 saturated carbocycles. The molecule has 6 nitrogen and oxygen atoms in total. The number of imidazole rings is 1. The number of ether oxygens (including phenoxy) is 1. The van der Waals surface area contributed by atoms with Crippen LogP contribution < -0.4 is 0 Å². The second kappa shape index (κ2) is 8.03. The topological polar surface area (TPSA) is 81.4 Å². The zero-order valence-electron chi connectivity index (χ0n) is 15.4. The van der Waals surface area contributed by atoms with Gasteiger partial charge in [0.1, 0.15) is 5.82 Å². The van der Waals surface area contributed by atoms with Gasteiger partial charge in [-0.3, -0.25) is 9.59 Å². The lowest BCUT2D eigenvalue weighted by atomic mass is 9.98. The Morgan fingerprint density at radius 1 is 1.15 bits per heavy atom. The van der Waals surface area contributed by atoms with E-state index >= 15 is 0 Å². The van der Waals surface area contributed by atoms with Gasteiger partial charge in [-0.1, -0.05) is 36.4 Å². The predicted octanol–water partition coefficient (Wildman–Crippen LogP) is 3.20. The summed E-state index contributed by atoms with van der Waals surface area (Å²) in [5, 5.41) is 9.35. The molecule has 0 aliphatic heterocycles. The predicted molar refractivity (Wildman–Crippen MR) is 101 cm³/mol. The third-order valence-electron chi connectivity index (χ3n) is 4.49. The SMILES string of the molecule is CCOC(=O)C(Cc1cccc(Cn2c(C)nc3ccccc32)c1)C(=O)O. The average molecular weight is 366 g/mol. The standard InChI is InChI=1S/C21H22N2O4/c1-3-27-21(26)17(20(24)25)12-15-7-6-8-16(11-15)13-23-14(2)22-18-9-4-5-10-19(18)23/h4-11,17H,3,12-13H2,1-2H3,(H,24,25). The second-order valence-corrected chi connectivity index (χ2v) is 6.40. The summed E-state index contributed by atoms with van der Waals surface area (Å²) in [5.41, 5.74) is 3.80. The van der Waals surface area contributed by atoms with Gasteiger partial charge < -0.3 is 14.4 Å². The fourth-order valence-corrected chi connectivity index (χ4v) is 3.18. The maximum absolute atomic E-state index is 11.9. The maximum Gasteiger partial charge on any atom is 0.320 e. The second-order valence-electron chi connectivity index (χ2n) is 6.40. The molecule has 1 atom stereocenters. The number of fused-ring (bicyclic) bond motifs is 1. The van der Waals surface area contributed by atoms with Gasteiger partial charge in [-0.15, -0.1) is 0 Å². The number of nitrogens with zero attached hydrogens (tertiary/aromatic N) is 2. The number of carbonyl (C=O) groups is 2. The van der Waals surface area contributed by atoms with Crippen molar-refractivity contribution >= 4 is 23.0 Å². The number of esters is 1. The number of aliphatic carboxylic acids is 1. The normalized spacial score (nSPS) is 12.1. The first-order valence-corrected chi connectivity index (χ1v) is 8.88. The lowest BCUT2D eigenvalue weighted by molar-refractivity contribution is -0.158. The van der Waals surface area contributed by atoms with Gasteiger partial charge in [-0.25, -0.2) is 4.98 Å².